The van der Waals surface area contributed by atoms with E-state index in [9.17, 15) is 13.2 Å². The van der Waals surface area contributed by atoms with E-state index in [1.54, 1.807) is 24.3 Å². The van der Waals surface area contributed by atoms with Crippen molar-refractivity contribution >= 4 is 9.84 Å². The summed E-state index contributed by atoms with van der Waals surface area (Å²) in [4.78, 5) is 11.5. The van der Waals surface area contributed by atoms with Gasteiger partial charge in [0.1, 0.15) is 9.84 Å². The van der Waals surface area contributed by atoms with Crippen molar-refractivity contribution in [2.45, 2.75) is 6.54 Å². The molecule has 1 aromatic heterocycles. The molecule has 1 heterocycles. The molecule has 0 aliphatic rings. The first-order valence-corrected chi connectivity index (χ1v) is 7.33. The molecule has 0 aliphatic carbocycles. The molecule has 0 amide bonds. The maximum Gasteiger partial charge on any atom is 0.441 e. The first-order chi connectivity index (χ1) is 8.47. The average Bonchev–Trinajstić information content (AvgIpc) is 2.68. The predicted octanol–water partition coefficient (Wildman–Crippen LogP) is 0.548. The Morgan fingerprint density at radius 3 is 2.56 bits per heavy atom. The predicted molar refractivity (Wildman–Crippen MR) is 65.9 cm³/mol. The van der Waals surface area contributed by atoms with Crippen LogP contribution in [0.25, 0.3) is 11.4 Å². The van der Waals surface area contributed by atoms with E-state index in [2.05, 4.69) is 9.68 Å². The van der Waals surface area contributed by atoms with Crippen molar-refractivity contribution in [2.24, 2.45) is 0 Å². The van der Waals surface area contributed by atoms with Gasteiger partial charge in [0, 0.05) is 18.4 Å². The van der Waals surface area contributed by atoms with Crippen LogP contribution in [0.15, 0.2) is 39.6 Å². The fourth-order valence-corrected chi connectivity index (χ4v) is 2.03. The summed E-state index contributed by atoms with van der Waals surface area (Å²) >= 11 is 0. The lowest BCUT2D eigenvalue weighted by atomic mass is 10.2. The second kappa shape index (κ2) is 4.77. The Balaban J connectivity index is 2.37. The monoisotopic (exact) mass is 268 g/mol. The zero-order chi connectivity index (χ0) is 13.2. The van der Waals surface area contributed by atoms with Gasteiger partial charge >= 0.3 is 5.76 Å². The van der Waals surface area contributed by atoms with Crippen molar-refractivity contribution in [1.29, 1.82) is 0 Å². The van der Waals surface area contributed by atoms with Crippen molar-refractivity contribution in [2.75, 3.05) is 12.0 Å². The van der Waals surface area contributed by atoms with Gasteiger partial charge in [0.2, 0.25) is 0 Å². The Kier molecular flexibility index (Phi) is 3.33. The molecule has 2 aromatic rings. The molecule has 0 saturated carbocycles. The largest absolute Gasteiger partial charge is 0.441 e. The van der Waals surface area contributed by atoms with E-state index >= 15 is 0 Å². The molecule has 7 heteroatoms. The van der Waals surface area contributed by atoms with Crippen LogP contribution in [0.2, 0.25) is 0 Å². The zero-order valence-electron chi connectivity index (χ0n) is 9.74. The van der Waals surface area contributed by atoms with Crippen LogP contribution in [0.4, 0.5) is 0 Å². The molecule has 0 spiro atoms. The molecule has 96 valence electrons. The number of benzene rings is 1. The molecule has 0 radical (unpaired) electrons. The third kappa shape index (κ3) is 2.86. The molecule has 0 fully saturated rings. The summed E-state index contributed by atoms with van der Waals surface area (Å²) in [6.07, 6.45) is 1.12. The van der Waals surface area contributed by atoms with E-state index in [1.807, 2.05) is 6.07 Å². The van der Waals surface area contributed by atoms with Crippen molar-refractivity contribution in [3.05, 3.63) is 40.9 Å². The summed E-state index contributed by atoms with van der Waals surface area (Å²) in [7, 11) is -3.15. The summed E-state index contributed by atoms with van der Waals surface area (Å²) in [5, 5.41) is 3.67. The Morgan fingerprint density at radius 2 is 1.94 bits per heavy atom. The molecule has 1 aromatic carbocycles. The quantitative estimate of drug-likeness (QED) is 0.808. The van der Waals surface area contributed by atoms with E-state index in [-0.39, 0.29) is 12.3 Å². The SMILES string of the molecule is CS(=O)(=O)CCn1c(-c2ccccc2)noc1=O. The highest BCUT2D eigenvalue weighted by Crippen LogP contribution is 2.14. The molecule has 0 aliphatic heterocycles. The summed E-state index contributed by atoms with van der Waals surface area (Å²) in [5.41, 5.74) is 0.705. The third-order valence-electron chi connectivity index (χ3n) is 2.40. The van der Waals surface area contributed by atoms with Crippen LogP contribution >= 0.6 is 0 Å². The van der Waals surface area contributed by atoms with Gasteiger partial charge in [-0.15, -0.1) is 0 Å². The maximum atomic E-state index is 11.5. The van der Waals surface area contributed by atoms with Crippen LogP contribution in [-0.2, 0) is 16.4 Å². The number of rotatable bonds is 4. The van der Waals surface area contributed by atoms with Crippen molar-refractivity contribution < 1.29 is 12.9 Å². The van der Waals surface area contributed by atoms with Gasteiger partial charge in [-0.2, -0.15) is 0 Å². The summed E-state index contributed by atoms with van der Waals surface area (Å²) in [6, 6.07) is 8.98. The molecule has 0 unspecified atom stereocenters. The minimum Gasteiger partial charge on any atom is -0.295 e. The fraction of sp³-hybridized carbons (Fsp3) is 0.273. The van der Waals surface area contributed by atoms with Crippen molar-refractivity contribution in [3.63, 3.8) is 0 Å². The Bertz CT molecular complexity index is 685. The highest BCUT2D eigenvalue weighted by atomic mass is 32.2. The van der Waals surface area contributed by atoms with Gasteiger partial charge in [-0.25, -0.2) is 13.2 Å². The van der Waals surface area contributed by atoms with Crippen LogP contribution < -0.4 is 5.76 Å². The fourth-order valence-electron chi connectivity index (χ4n) is 1.52. The van der Waals surface area contributed by atoms with Gasteiger partial charge in [-0.3, -0.25) is 9.09 Å². The zero-order valence-corrected chi connectivity index (χ0v) is 10.6. The van der Waals surface area contributed by atoms with E-state index in [0.29, 0.717) is 11.4 Å². The topological polar surface area (TPSA) is 82.2 Å². The van der Waals surface area contributed by atoms with Gasteiger partial charge in [0.05, 0.1) is 5.75 Å². The van der Waals surface area contributed by atoms with E-state index in [1.165, 1.54) is 4.57 Å². The van der Waals surface area contributed by atoms with Crippen LogP contribution in [0.5, 0.6) is 0 Å². The second-order valence-corrected chi connectivity index (χ2v) is 6.18. The summed E-state index contributed by atoms with van der Waals surface area (Å²) in [6.45, 7) is 0.0331. The molecule has 0 saturated heterocycles. The molecular formula is C11H12N2O4S. The normalized spacial score (nSPS) is 11.6. The smallest absolute Gasteiger partial charge is 0.295 e. The Morgan fingerprint density at radius 1 is 1.28 bits per heavy atom. The van der Waals surface area contributed by atoms with E-state index in [0.717, 1.165) is 6.26 Å². The van der Waals surface area contributed by atoms with Gasteiger partial charge in [0.15, 0.2) is 5.82 Å². The summed E-state index contributed by atoms with van der Waals surface area (Å²) < 4.78 is 28.0. The highest BCUT2D eigenvalue weighted by Gasteiger charge is 2.14. The number of nitrogens with zero attached hydrogens (tertiary/aromatic N) is 2. The minimum atomic E-state index is -3.15. The van der Waals surface area contributed by atoms with Crippen LogP contribution in [-0.4, -0.2) is 30.2 Å². The maximum absolute atomic E-state index is 11.5. The summed E-state index contributed by atoms with van der Waals surface area (Å²) in [5.74, 6) is -0.449. The number of sulfone groups is 1. The molecule has 6 nitrogen and oxygen atoms in total. The molecule has 2 rings (SSSR count). The Hall–Kier alpha value is -1.89. The lowest BCUT2D eigenvalue weighted by molar-refractivity contribution is 0.377. The van der Waals surface area contributed by atoms with Gasteiger partial charge in [-0.1, -0.05) is 35.5 Å². The molecular weight excluding hydrogens is 256 g/mol. The van der Waals surface area contributed by atoms with Crippen LogP contribution in [0, 0.1) is 0 Å². The van der Waals surface area contributed by atoms with Gasteiger partial charge < -0.3 is 0 Å². The lowest BCUT2D eigenvalue weighted by Gasteiger charge is -2.03. The van der Waals surface area contributed by atoms with Gasteiger partial charge in [0.25, 0.3) is 0 Å². The number of hydrogen-bond donors (Lipinski definition) is 0. The van der Waals surface area contributed by atoms with Gasteiger partial charge in [-0.05, 0) is 0 Å². The second-order valence-electron chi connectivity index (χ2n) is 3.92. The molecule has 0 N–H and O–H groups in total. The Labute approximate surface area is 104 Å². The van der Waals surface area contributed by atoms with Crippen molar-refractivity contribution in [1.82, 2.24) is 9.72 Å². The lowest BCUT2D eigenvalue weighted by Crippen LogP contribution is -2.20. The van der Waals surface area contributed by atoms with Crippen LogP contribution in [0.1, 0.15) is 0 Å². The van der Waals surface area contributed by atoms with Crippen LogP contribution in [0.3, 0.4) is 0 Å². The molecule has 0 bridgehead atoms. The third-order valence-corrected chi connectivity index (χ3v) is 3.33. The van der Waals surface area contributed by atoms with E-state index < -0.39 is 15.6 Å². The van der Waals surface area contributed by atoms with E-state index in [4.69, 9.17) is 0 Å². The standard InChI is InChI=1S/C11H12N2O4S/c1-18(15,16)8-7-13-10(12-17-11(13)14)9-5-3-2-4-6-9/h2-6H,7-8H2,1H3. The first-order valence-electron chi connectivity index (χ1n) is 5.27. The number of hydrogen-bond acceptors (Lipinski definition) is 5. The first kappa shape index (κ1) is 12.6. The molecule has 0 atom stereocenters. The average molecular weight is 268 g/mol. The molecule has 18 heavy (non-hydrogen) atoms. The minimum absolute atomic E-state index is 0.0331. The highest BCUT2D eigenvalue weighted by molar-refractivity contribution is 7.90. The number of aromatic nitrogens is 2. The van der Waals surface area contributed by atoms with Crippen molar-refractivity contribution in [3.8, 4) is 11.4 Å².